The van der Waals surface area contributed by atoms with Gasteiger partial charge in [0.05, 0.1) is 0 Å². The average Bonchev–Trinajstić information content (AvgIpc) is 3.33. The maximum absolute atomic E-state index is 13.0. The van der Waals surface area contributed by atoms with Crippen LogP contribution in [-0.2, 0) is 6.54 Å². The lowest BCUT2D eigenvalue weighted by Crippen LogP contribution is -2.35. The molecule has 1 saturated heterocycles. The number of aromatic nitrogens is 3. The number of nitrogens with zero attached hydrogens (tertiary/aromatic N) is 5. The summed E-state index contributed by atoms with van der Waals surface area (Å²) in [7, 11) is 0. The van der Waals surface area contributed by atoms with E-state index in [0.717, 1.165) is 44.8 Å². The van der Waals surface area contributed by atoms with Crippen LogP contribution in [0.2, 0.25) is 0 Å². The van der Waals surface area contributed by atoms with Gasteiger partial charge in [-0.15, -0.1) is 21.5 Å². The molecule has 3 aromatic rings. The van der Waals surface area contributed by atoms with Gasteiger partial charge in [-0.1, -0.05) is 12.1 Å². The van der Waals surface area contributed by atoms with Crippen molar-refractivity contribution in [3.8, 4) is 5.69 Å². The van der Waals surface area contributed by atoms with Crippen LogP contribution in [0.15, 0.2) is 54.4 Å². The summed E-state index contributed by atoms with van der Waals surface area (Å²) < 4.78 is 1.81. The number of benzene rings is 1. The maximum atomic E-state index is 13.0. The third-order valence-electron chi connectivity index (χ3n) is 4.65. The molecule has 0 unspecified atom stereocenters. The molecule has 1 aliphatic rings. The molecule has 6 nitrogen and oxygen atoms in total. The minimum absolute atomic E-state index is 0.0953. The van der Waals surface area contributed by atoms with Crippen LogP contribution in [-0.4, -0.2) is 56.7 Å². The highest BCUT2D eigenvalue weighted by molar-refractivity contribution is 7.09. The fraction of sp³-hybridized carbons (Fsp3) is 0.316. The monoisotopic (exact) mass is 367 g/mol. The zero-order valence-electron chi connectivity index (χ0n) is 14.5. The summed E-state index contributed by atoms with van der Waals surface area (Å²) in [4.78, 5) is 18.8. The molecule has 1 aromatic carbocycles. The Balaban J connectivity index is 1.43. The second-order valence-electron chi connectivity index (χ2n) is 6.42. The highest BCUT2D eigenvalue weighted by Crippen LogP contribution is 2.16. The smallest absolute Gasteiger partial charge is 0.253 e. The molecule has 134 valence electrons. The first-order valence-electron chi connectivity index (χ1n) is 8.79. The van der Waals surface area contributed by atoms with Crippen molar-refractivity contribution in [1.29, 1.82) is 0 Å². The Morgan fingerprint density at radius 1 is 1.04 bits per heavy atom. The molecule has 1 amide bonds. The molecule has 0 spiro atoms. The highest BCUT2D eigenvalue weighted by atomic mass is 32.1. The average molecular weight is 367 g/mol. The zero-order valence-corrected chi connectivity index (χ0v) is 15.3. The first kappa shape index (κ1) is 16.9. The van der Waals surface area contributed by atoms with E-state index in [1.165, 1.54) is 4.88 Å². The van der Waals surface area contributed by atoms with Gasteiger partial charge < -0.3 is 4.90 Å². The number of carbonyl (C=O) groups is 1. The fourth-order valence-corrected chi connectivity index (χ4v) is 4.02. The van der Waals surface area contributed by atoms with Gasteiger partial charge in [-0.3, -0.25) is 14.3 Å². The van der Waals surface area contributed by atoms with Crippen molar-refractivity contribution in [2.75, 3.05) is 26.2 Å². The van der Waals surface area contributed by atoms with Crippen LogP contribution in [0.25, 0.3) is 5.69 Å². The Hall–Kier alpha value is -2.51. The van der Waals surface area contributed by atoms with E-state index in [1.54, 1.807) is 24.0 Å². The Bertz CT molecular complexity index is 847. The van der Waals surface area contributed by atoms with E-state index < -0.39 is 0 Å². The topological polar surface area (TPSA) is 54.3 Å². The summed E-state index contributed by atoms with van der Waals surface area (Å²) in [6.07, 6.45) is 4.28. The molecule has 2 aromatic heterocycles. The molecule has 0 atom stereocenters. The Kier molecular flexibility index (Phi) is 5.08. The predicted octanol–water partition coefficient (Wildman–Crippen LogP) is 2.68. The normalized spacial score (nSPS) is 15.8. The summed E-state index contributed by atoms with van der Waals surface area (Å²) in [6, 6.07) is 11.9. The number of rotatable bonds is 4. The third kappa shape index (κ3) is 3.84. The van der Waals surface area contributed by atoms with E-state index in [-0.39, 0.29) is 5.91 Å². The summed E-state index contributed by atoms with van der Waals surface area (Å²) in [5.74, 6) is 0.0953. The van der Waals surface area contributed by atoms with Gasteiger partial charge in [0, 0.05) is 48.9 Å². The predicted molar refractivity (Wildman–Crippen MR) is 101 cm³/mol. The van der Waals surface area contributed by atoms with Gasteiger partial charge in [0.15, 0.2) is 0 Å². The zero-order chi connectivity index (χ0) is 17.8. The molecular formula is C19H21N5OS. The number of thiophene rings is 1. The maximum Gasteiger partial charge on any atom is 0.253 e. The van der Waals surface area contributed by atoms with Crippen LogP contribution in [0.4, 0.5) is 0 Å². The van der Waals surface area contributed by atoms with Crippen molar-refractivity contribution in [3.63, 3.8) is 0 Å². The number of hydrogen-bond acceptors (Lipinski definition) is 5. The summed E-state index contributed by atoms with van der Waals surface area (Å²) in [5, 5.41) is 9.77. The summed E-state index contributed by atoms with van der Waals surface area (Å²) >= 11 is 1.79. The molecular weight excluding hydrogens is 346 g/mol. The second kappa shape index (κ2) is 7.80. The van der Waals surface area contributed by atoms with Gasteiger partial charge in [-0.05, 0) is 36.1 Å². The molecule has 3 heterocycles. The van der Waals surface area contributed by atoms with Gasteiger partial charge in [-0.25, -0.2) is 0 Å². The number of amides is 1. The minimum atomic E-state index is 0.0953. The SMILES string of the molecule is O=C(c1cccc(-n2cnnc2)c1)N1CCCN(Cc2cccs2)CC1. The molecule has 7 heteroatoms. The molecule has 0 N–H and O–H groups in total. The van der Waals surface area contributed by atoms with E-state index in [9.17, 15) is 4.79 Å². The molecule has 1 fully saturated rings. The van der Waals surface area contributed by atoms with Crippen LogP contribution < -0.4 is 0 Å². The molecule has 4 rings (SSSR count). The summed E-state index contributed by atoms with van der Waals surface area (Å²) in [5.41, 5.74) is 1.61. The van der Waals surface area contributed by atoms with Crippen LogP contribution in [0.5, 0.6) is 0 Å². The van der Waals surface area contributed by atoms with Crippen LogP contribution in [0, 0.1) is 0 Å². The van der Waals surface area contributed by atoms with Gasteiger partial charge in [0.25, 0.3) is 5.91 Å². The molecule has 0 aliphatic carbocycles. The number of hydrogen-bond donors (Lipinski definition) is 0. The van der Waals surface area contributed by atoms with E-state index >= 15 is 0 Å². The Morgan fingerprint density at radius 2 is 1.92 bits per heavy atom. The van der Waals surface area contributed by atoms with Crippen LogP contribution in [0.1, 0.15) is 21.7 Å². The van der Waals surface area contributed by atoms with Gasteiger partial charge in [0.2, 0.25) is 0 Å². The molecule has 0 saturated carbocycles. The van der Waals surface area contributed by atoms with Crippen LogP contribution in [0.3, 0.4) is 0 Å². The lowest BCUT2D eigenvalue weighted by Gasteiger charge is -2.22. The van der Waals surface area contributed by atoms with Crippen molar-refractivity contribution < 1.29 is 4.79 Å². The van der Waals surface area contributed by atoms with E-state index in [4.69, 9.17) is 0 Å². The minimum Gasteiger partial charge on any atom is -0.337 e. The Labute approximate surface area is 156 Å². The van der Waals surface area contributed by atoms with E-state index in [0.29, 0.717) is 5.56 Å². The van der Waals surface area contributed by atoms with Crippen molar-refractivity contribution in [3.05, 3.63) is 64.9 Å². The van der Waals surface area contributed by atoms with Crippen molar-refractivity contribution in [1.82, 2.24) is 24.6 Å². The van der Waals surface area contributed by atoms with Crippen LogP contribution >= 0.6 is 11.3 Å². The largest absolute Gasteiger partial charge is 0.337 e. The molecule has 0 radical (unpaired) electrons. The van der Waals surface area contributed by atoms with Gasteiger partial charge >= 0.3 is 0 Å². The Morgan fingerprint density at radius 3 is 2.73 bits per heavy atom. The van der Waals surface area contributed by atoms with Crippen molar-refractivity contribution in [2.45, 2.75) is 13.0 Å². The third-order valence-corrected chi connectivity index (χ3v) is 5.51. The van der Waals surface area contributed by atoms with Crippen molar-refractivity contribution >= 4 is 17.2 Å². The van der Waals surface area contributed by atoms with Crippen molar-refractivity contribution in [2.24, 2.45) is 0 Å². The number of carbonyl (C=O) groups excluding carboxylic acids is 1. The van der Waals surface area contributed by atoms with Gasteiger partial charge in [0.1, 0.15) is 12.7 Å². The molecule has 0 bridgehead atoms. The lowest BCUT2D eigenvalue weighted by molar-refractivity contribution is 0.0761. The van der Waals surface area contributed by atoms with E-state index in [1.807, 2.05) is 33.7 Å². The highest BCUT2D eigenvalue weighted by Gasteiger charge is 2.20. The second-order valence-corrected chi connectivity index (χ2v) is 7.45. The lowest BCUT2D eigenvalue weighted by atomic mass is 10.1. The molecule has 1 aliphatic heterocycles. The standard InChI is InChI=1S/C19H21N5OS/c25-19(16-4-1-5-17(12-16)24-14-20-21-15-24)23-8-3-7-22(9-10-23)13-18-6-2-11-26-18/h1-2,4-6,11-12,14-15H,3,7-10,13H2. The quantitative estimate of drug-likeness (QED) is 0.711. The first-order chi connectivity index (χ1) is 12.8. The molecule has 26 heavy (non-hydrogen) atoms. The summed E-state index contributed by atoms with van der Waals surface area (Å²) in [6.45, 7) is 4.48. The fourth-order valence-electron chi connectivity index (χ4n) is 3.27. The van der Waals surface area contributed by atoms with Gasteiger partial charge in [-0.2, -0.15) is 0 Å². The first-order valence-corrected chi connectivity index (χ1v) is 9.67. The van der Waals surface area contributed by atoms with E-state index in [2.05, 4.69) is 32.6 Å².